The van der Waals surface area contributed by atoms with Crippen molar-refractivity contribution < 1.29 is 4.39 Å². The molecule has 0 heterocycles. The quantitative estimate of drug-likeness (QED) is 0.814. The third kappa shape index (κ3) is 2.86. The fourth-order valence-electron chi connectivity index (χ4n) is 2.80. The highest BCUT2D eigenvalue weighted by atomic mass is 19.1. The van der Waals surface area contributed by atoms with Crippen molar-refractivity contribution in [2.45, 2.75) is 58.0 Å². The van der Waals surface area contributed by atoms with Gasteiger partial charge >= 0.3 is 0 Å². The zero-order valence-corrected chi connectivity index (χ0v) is 10.8. The van der Waals surface area contributed by atoms with Crippen molar-refractivity contribution in [2.24, 2.45) is 0 Å². The SMILES string of the molecule is CCCC(CC)NC1CCc2cc(F)ccc21. The number of nitrogens with one attached hydrogen (secondary N) is 1. The Kier molecular flexibility index (Phi) is 4.16. The summed E-state index contributed by atoms with van der Waals surface area (Å²) >= 11 is 0. The van der Waals surface area contributed by atoms with Crippen molar-refractivity contribution in [1.82, 2.24) is 5.32 Å². The Morgan fingerprint density at radius 1 is 1.41 bits per heavy atom. The van der Waals surface area contributed by atoms with Gasteiger partial charge in [-0.15, -0.1) is 0 Å². The van der Waals surface area contributed by atoms with Crippen LogP contribution >= 0.6 is 0 Å². The van der Waals surface area contributed by atoms with Crippen LogP contribution in [0.5, 0.6) is 0 Å². The molecule has 0 saturated carbocycles. The van der Waals surface area contributed by atoms with Gasteiger partial charge in [-0.2, -0.15) is 0 Å². The monoisotopic (exact) mass is 235 g/mol. The maximum absolute atomic E-state index is 13.1. The van der Waals surface area contributed by atoms with E-state index in [9.17, 15) is 4.39 Å². The standard InChI is InChI=1S/C15H22FN/c1-3-5-13(4-2)17-15-9-6-11-10-12(16)7-8-14(11)15/h7-8,10,13,15,17H,3-6,9H2,1-2H3. The van der Waals surface area contributed by atoms with E-state index >= 15 is 0 Å². The summed E-state index contributed by atoms with van der Waals surface area (Å²) in [5.41, 5.74) is 2.50. The Hall–Kier alpha value is -0.890. The van der Waals surface area contributed by atoms with Gasteiger partial charge in [0.1, 0.15) is 5.82 Å². The van der Waals surface area contributed by atoms with Gasteiger partial charge in [0, 0.05) is 12.1 Å². The molecular weight excluding hydrogens is 213 g/mol. The van der Waals surface area contributed by atoms with Crippen LogP contribution in [-0.4, -0.2) is 6.04 Å². The molecule has 17 heavy (non-hydrogen) atoms. The number of fused-ring (bicyclic) bond motifs is 1. The smallest absolute Gasteiger partial charge is 0.123 e. The molecule has 1 aliphatic carbocycles. The number of hydrogen-bond acceptors (Lipinski definition) is 1. The van der Waals surface area contributed by atoms with E-state index in [-0.39, 0.29) is 5.82 Å². The van der Waals surface area contributed by atoms with E-state index in [2.05, 4.69) is 19.2 Å². The van der Waals surface area contributed by atoms with Crippen LogP contribution in [-0.2, 0) is 6.42 Å². The number of rotatable bonds is 5. The minimum absolute atomic E-state index is 0.106. The van der Waals surface area contributed by atoms with Crippen LogP contribution in [0.3, 0.4) is 0 Å². The minimum atomic E-state index is -0.106. The van der Waals surface area contributed by atoms with E-state index in [1.165, 1.54) is 30.4 Å². The summed E-state index contributed by atoms with van der Waals surface area (Å²) in [5.74, 6) is -0.106. The van der Waals surface area contributed by atoms with Crippen LogP contribution in [0.15, 0.2) is 18.2 Å². The van der Waals surface area contributed by atoms with Gasteiger partial charge in [-0.25, -0.2) is 4.39 Å². The average molecular weight is 235 g/mol. The molecule has 0 spiro atoms. The Balaban J connectivity index is 2.06. The first-order valence-corrected chi connectivity index (χ1v) is 6.79. The lowest BCUT2D eigenvalue weighted by atomic mass is 10.0. The molecule has 0 aromatic heterocycles. The molecule has 94 valence electrons. The second kappa shape index (κ2) is 5.63. The van der Waals surface area contributed by atoms with Crippen molar-refractivity contribution in [3.63, 3.8) is 0 Å². The fraction of sp³-hybridized carbons (Fsp3) is 0.600. The van der Waals surface area contributed by atoms with Gasteiger partial charge < -0.3 is 5.32 Å². The molecule has 2 atom stereocenters. The van der Waals surface area contributed by atoms with Gasteiger partial charge in [0.05, 0.1) is 0 Å². The summed E-state index contributed by atoms with van der Waals surface area (Å²) in [4.78, 5) is 0. The van der Waals surface area contributed by atoms with Crippen molar-refractivity contribution in [1.29, 1.82) is 0 Å². The molecule has 0 bridgehead atoms. The molecule has 0 fully saturated rings. The van der Waals surface area contributed by atoms with Gasteiger partial charge in [-0.3, -0.25) is 0 Å². The van der Waals surface area contributed by atoms with E-state index in [0.29, 0.717) is 12.1 Å². The Labute approximate surface area is 103 Å². The van der Waals surface area contributed by atoms with Crippen molar-refractivity contribution in [3.8, 4) is 0 Å². The molecule has 0 aliphatic heterocycles. The van der Waals surface area contributed by atoms with Gasteiger partial charge in [0.25, 0.3) is 0 Å². The minimum Gasteiger partial charge on any atom is -0.307 e. The Morgan fingerprint density at radius 2 is 2.24 bits per heavy atom. The molecule has 0 amide bonds. The third-order valence-electron chi connectivity index (χ3n) is 3.75. The molecule has 1 N–H and O–H groups in total. The second-order valence-electron chi connectivity index (χ2n) is 4.99. The summed E-state index contributed by atoms with van der Waals surface area (Å²) in [5, 5.41) is 3.72. The van der Waals surface area contributed by atoms with E-state index in [1.54, 1.807) is 12.1 Å². The first-order valence-electron chi connectivity index (χ1n) is 6.79. The Bertz CT molecular complexity index is 375. The molecule has 2 heteroatoms. The molecule has 1 aliphatic rings. The van der Waals surface area contributed by atoms with Crippen molar-refractivity contribution in [3.05, 3.63) is 35.1 Å². The van der Waals surface area contributed by atoms with E-state index in [0.717, 1.165) is 12.8 Å². The van der Waals surface area contributed by atoms with E-state index < -0.39 is 0 Å². The predicted octanol–water partition coefficient (Wildman–Crippen LogP) is 3.98. The molecule has 1 nitrogen and oxygen atoms in total. The van der Waals surface area contributed by atoms with E-state index in [4.69, 9.17) is 0 Å². The molecule has 0 saturated heterocycles. The highest BCUT2D eigenvalue weighted by Gasteiger charge is 2.24. The summed E-state index contributed by atoms with van der Waals surface area (Å²) in [6.45, 7) is 4.45. The van der Waals surface area contributed by atoms with Crippen LogP contribution in [0.25, 0.3) is 0 Å². The maximum atomic E-state index is 13.1. The molecule has 1 aromatic carbocycles. The average Bonchev–Trinajstić information content (AvgIpc) is 2.71. The highest BCUT2D eigenvalue weighted by molar-refractivity contribution is 5.35. The van der Waals surface area contributed by atoms with Crippen LogP contribution < -0.4 is 5.32 Å². The normalized spacial score (nSPS) is 20.3. The molecule has 0 radical (unpaired) electrons. The van der Waals surface area contributed by atoms with Crippen molar-refractivity contribution >= 4 is 0 Å². The molecular formula is C15H22FN. The molecule has 2 unspecified atom stereocenters. The van der Waals surface area contributed by atoms with Gasteiger partial charge in [-0.05, 0) is 48.9 Å². The summed E-state index contributed by atoms with van der Waals surface area (Å²) in [6, 6.07) is 6.26. The number of aryl methyl sites for hydroxylation is 1. The lowest BCUT2D eigenvalue weighted by molar-refractivity contribution is 0.400. The summed E-state index contributed by atoms with van der Waals surface area (Å²) in [7, 11) is 0. The zero-order valence-electron chi connectivity index (χ0n) is 10.8. The second-order valence-corrected chi connectivity index (χ2v) is 4.99. The fourth-order valence-corrected chi connectivity index (χ4v) is 2.80. The van der Waals surface area contributed by atoms with Crippen LogP contribution in [0, 0.1) is 5.82 Å². The van der Waals surface area contributed by atoms with Gasteiger partial charge in [0.15, 0.2) is 0 Å². The summed E-state index contributed by atoms with van der Waals surface area (Å²) < 4.78 is 13.1. The number of halogens is 1. The first-order chi connectivity index (χ1) is 8.24. The molecule has 1 aromatic rings. The lowest BCUT2D eigenvalue weighted by Crippen LogP contribution is -2.31. The number of benzene rings is 1. The van der Waals surface area contributed by atoms with Crippen molar-refractivity contribution in [2.75, 3.05) is 0 Å². The predicted molar refractivity (Wildman–Crippen MR) is 69.6 cm³/mol. The molecule has 2 rings (SSSR count). The lowest BCUT2D eigenvalue weighted by Gasteiger charge is -2.22. The van der Waals surface area contributed by atoms with E-state index in [1.807, 2.05) is 6.07 Å². The van der Waals surface area contributed by atoms with Gasteiger partial charge in [-0.1, -0.05) is 26.3 Å². The first kappa shape index (κ1) is 12.6. The largest absolute Gasteiger partial charge is 0.307 e. The van der Waals surface area contributed by atoms with Gasteiger partial charge in [0.2, 0.25) is 0 Å². The summed E-state index contributed by atoms with van der Waals surface area (Å²) in [6.07, 6.45) is 5.73. The van der Waals surface area contributed by atoms with Crippen LogP contribution in [0.2, 0.25) is 0 Å². The van der Waals surface area contributed by atoms with Crippen LogP contribution in [0.1, 0.15) is 56.7 Å². The van der Waals surface area contributed by atoms with Crippen LogP contribution in [0.4, 0.5) is 4.39 Å². The number of hydrogen-bond donors (Lipinski definition) is 1. The third-order valence-corrected chi connectivity index (χ3v) is 3.75. The Morgan fingerprint density at radius 3 is 2.94 bits per heavy atom. The maximum Gasteiger partial charge on any atom is 0.123 e. The topological polar surface area (TPSA) is 12.0 Å². The zero-order chi connectivity index (χ0) is 12.3. The highest BCUT2D eigenvalue weighted by Crippen LogP contribution is 2.32.